The van der Waals surface area contributed by atoms with Gasteiger partial charge in [0.15, 0.2) is 0 Å². The van der Waals surface area contributed by atoms with Crippen molar-refractivity contribution in [2.45, 2.75) is 32.1 Å². The monoisotopic (exact) mass is 240 g/mol. The van der Waals surface area contributed by atoms with Gasteiger partial charge in [-0.05, 0) is 25.9 Å². The van der Waals surface area contributed by atoms with Gasteiger partial charge in [-0.3, -0.25) is 4.79 Å². The maximum atomic E-state index is 11.1. The Kier molecular flexibility index (Phi) is 3.90. The first-order valence-electron chi connectivity index (χ1n) is 5.66. The number of piperidine rings is 1. The average molecular weight is 240 g/mol. The van der Waals surface area contributed by atoms with Gasteiger partial charge in [-0.1, -0.05) is 6.92 Å². The van der Waals surface area contributed by atoms with Crippen LogP contribution < -0.4 is 10.1 Å². The zero-order valence-electron chi connectivity index (χ0n) is 9.36. The molecule has 5 heteroatoms. The Balaban J connectivity index is 1.98. The average Bonchev–Trinajstić information content (AvgIpc) is 2.78. The van der Waals surface area contributed by atoms with Crippen LogP contribution in [0.5, 0.6) is 5.88 Å². The summed E-state index contributed by atoms with van der Waals surface area (Å²) >= 11 is 1.59. The fraction of sp³-hybridized carbons (Fsp3) is 0.636. The van der Waals surface area contributed by atoms with Crippen LogP contribution in [-0.4, -0.2) is 24.0 Å². The molecule has 0 aliphatic carbocycles. The number of rotatable bonds is 3. The molecule has 1 saturated heterocycles. The largest absolute Gasteiger partial charge is 0.407 e. The maximum absolute atomic E-state index is 11.1. The lowest BCUT2D eigenvalue weighted by Gasteiger charge is -2.20. The summed E-state index contributed by atoms with van der Waals surface area (Å²) in [5.74, 6) is 0.771. The van der Waals surface area contributed by atoms with Crippen LogP contribution >= 0.6 is 11.3 Å². The van der Waals surface area contributed by atoms with E-state index in [0.717, 1.165) is 30.9 Å². The molecule has 1 N–H and O–H groups in total. The lowest BCUT2D eigenvalue weighted by atomic mass is 9.99. The van der Waals surface area contributed by atoms with E-state index in [0.29, 0.717) is 18.2 Å². The van der Waals surface area contributed by atoms with Crippen molar-refractivity contribution in [1.29, 1.82) is 0 Å². The van der Waals surface area contributed by atoms with Crippen LogP contribution in [0, 0.1) is 0 Å². The summed E-state index contributed by atoms with van der Waals surface area (Å²) in [4.78, 5) is 15.5. The SMILES string of the molecule is CCC(=O)Oc1csc(C2CCNCC2)n1. The highest BCUT2D eigenvalue weighted by molar-refractivity contribution is 7.09. The van der Waals surface area contributed by atoms with Gasteiger partial charge < -0.3 is 10.1 Å². The molecule has 2 rings (SSSR count). The molecule has 0 unspecified atom stereocenters. The minimum absolute atomic E-state index is 0.220. The van der Waals surface area contributed by atoms with E-state index in [4.69, 9.17) is 4.74 Å². The van der Waals surface area contributed by atoms with Crippen molar-refractivity contribution in [3.8, 4) is 5.88 Å². The van der Waals surface area contributed by atoms with Crippen molar-refractivity contribution in [1.82, 2.24) is 10.3 Å². The standard InChI is InChI=1S/C11H16N2O2S/c1-2-10(14)15-9-7-16-11(13-9)8-3-5-12-6-4-8/h7-8,12H,2-6H2,1H3. The van der Waals surface area contributed by atoms with Crippen molar-refractivity contribution in [3.63, 3.8) is 0 Å². The van der Waals surface area contributed by atoms with E-state index in [9.17, 15) is 4.79 Å². The summed E-state index contributed by atoms with van der Waals surface area (Å²) < 4.78 is 5.08. The topological polar surface area (TPSA) is 51.2 Å². The Labute approximate surface area is 99.0 Å². The van der Waals surface area contributed by atoms with Crippen molar-refractivity contribution in [3.05, 3.63) is 10.4 Å². The Morgan fingerprint density at radius 2 is 2.38 bits per heavy atom. The van der Waals surface area contributed by atoms with Crippen LogP contribution in [0.2, 0.25) is 0 Å². The first kappa shape index (κ1) is 11.5. The van der Waals surface area contributed by atoms with Gasteiger partial charge in [0.25, 0.3) is 0 Å². The van der Waals surface area contributed by atoms with E-state index in [-0.39, 0.29) is 5.97 Å². The minimum atomic E-state index is -0.220. The Hall–Kier alpha value is -0.940. The highest BCUT2D eigenvalue weighted by Crippen LogP contribution is 2.30. The molecule has 0 saturated carbocycles. The lowest BCUT2D eigenvalue weighted by molar-refractivity contribution is -0.134. The predicted molar refractivity (Wildman–Crippen MR) is 62.9 cm³/mol. The zero-order chi connectivity index (χ0) is 11.4. The van der Waals surface area contributed by atoms with E-state index >= 15 is 0 Å². The van der Waals surface area contributed by atoms with Crippen molar-refractivity contribution in [2.75, 3.05) is 13.1 Å². The number of esters is 1. The Morgan fingerprint density at radius 1 is 1.62 bits per heavy atom. The van der Waals surface area contributed by atoms with Gasteiger partial charge >= 0.3 is 5.97 Å². The van der Waals surface area contributed by atoms with Gasteiger partial charge in [0.2, 0.25) is 5.88 Å². The molecule has 0 spiro atoms. The smallest absolute Gasteiger partial charge is 0.312 e. The van der Waals surface area contributed by atoms with Crippen LogP contribution in [0.4, 0.5) is 0 Å². The second-order valence-corrected chi connectivity index (χ2v) is 4.77. The molecule has 2 heterocycles. The molecule has 1 aliphatic rings. The van der Waals surface area contributed by atoms with E-state index in [1.165, 1.54) is 0 Å². The van der Waals surface area contributed by atoms with Crippen LogP contribution in [0.15, 0.2) is 5.38 Å². The molecule has 16 heavy (non-hydrogen) atoms. The molecule has 0 radical (unpaired) electrons. The lowest BCUT2D eigenvalue weighted by Crippen LogP contribution is -2.26. The number of carbonyl (C=O) groups excluding carboxylic acids is 1. The van der Waals surface area contributed by atoms with E-state index in [1.54, 1.807) is 18.3 Å². The molecule has 0 atom stereocenters. The van der Waals surface area contributed by atoms with Gasteiger partial charge in [-0.25, -0.2) is 4.98 Å². The fourth-order valence-corrected chi connectivity index (χ4v) is 2.66. The Bertz CT molecular complexity index is 359. The van der Waals surface area contributed by atoms with Crippen molar-refractivity contribution >= 4 is 17.3 Å². The van der Waals surface area contributed by atoms with Gasteiger partial charge in [-0.15, -0.1) is 11.3 Å². The van der Waals surface area contributed by atoms with Crippen LogP contribution in [0.3, 0.4) is 0 Å². The van der Waals surface area contributed by atoms with Gasteiger partial charge in [0.05, 0.1) is 10.4 Å². The van der Waals surface area contributed by atoms with E-state index in [1.807, 2.05) is 5.38 Å². The van der Waals surface area contributed by atoms with Gasteiger partial charge in [0.1, 0.15) is 0 Å². The van der Waals surface area contributed by atoms with Gasteiger partial charge in [-0.2, -0.15) is 0 Å². The summed E-state index contributed by atoms with van der Waals surface area (Å²) in [7, 11) is 0. The number of ether oxygens (including phenoxy) is 1. The van der Waals surface area contributed by atoms with Crippen LogP contribution in [0.25, 0.3) is 0 Å². The third-order valence-corrected chi connectivity index (χ3v) is 3.68. The first-order chi connectivity index (χ1) is 7.79. The summed E-state index contributed by atoms with van der Waals surface area (Å²) in [5.41, 5.74) is 0. The highest BCUT2D eigenvalue weighted by Gasteiger charge is 2.19. The van der Waals surface area contributed by atoms with Crippen LogP contribution in [0.1, 0.15) is 37.1 Å². The quantitative estimate of drug-likeness (QED) is 0.820. The summed E-state index contributed by atoms with van der Waals surface area (Å²) in [6, 6.07) is 0. The number of carbonyl (C=O) groups is 1. The second kappa shape index (κ2) is 5.41. The molecule has 1 aliphatic heterocycles. The Morgan fingerprint density at radius 3 is 3.06 bits per heavy atom. The maximum Gasteiger partial charge on any atom is 0.312 e. The van der Waals surface area contributed by atoms with E-state index in [2.05, 4.69) is 10.3 Å². The molecule has 0 aromatic carbocycles. The minimum Gasteiger partial charge on any atom is -0.407 e. The normalized spacial score (nSPS) is 17.3. The molecule has 4 nitrogen and oxygen atoms in total. The van der Waals surface area contributed by atoms with Crippen LogP contribution in [-0.2, 0) is 4.79 Å². The third-order valence-electron chi connectivity index (χ3n) is 2.70. The molecular weight excluding hydrogens is 224 g/mol. The molecule has 1 fully saturated rings. The molecule has 0 bridgehead atoms. The van der Waals surface area contributed by atoms with Gasteiger partial charge in [0, 0.05) is 12.3 Å². The van der Waals surface area contributed by atoms with Crippen molar-refractivity contribution < 1.29 is 9.53 Å². The predicted octanol–water partition coefficient (Wildman–Crippen LogP) is 1.93. The molecule has 1 aromatic rings. The molecule has 88 valence electrons. The number of nitrogens with zero attached hydrogens (tertiary/aromatic N) is 1. The second-order valence-electron chi connectivity index (χ2n) is 3.88. The fourth-order valence-electron chi connectivity index (χ4n) is 1.76. The third kappa shape index (κ3) is 2.80. The first-order valence-corrected chi connectivity index (χ1v) is 6.54. The highest BCUT2D eigenvalue weighted by atomic mass is 32.1. The zero-order valence-corrected chi connectivity index (χ0v) is 10.2. The van der Waals surface area contributed by atoms with Crippen molar-refractivity contribution in [2.24, 2.45) is 0 Å². The summed E-state index contributed by atoms with van der Waals surface area (Å²) in [5, 5.41) is 6.25. The number of hydrogen-bond acceptors (Lipinski definition) is 5. The molecule has 1 aromatic heterocycles. The number of hydrogen-bond donors (Lipinski definition) is 1. The molecule has 0 amide bonds. The number of nitrogens with one attached hydrogen (secondary N) is 1. The number of aromatic nitrogens is 1. The summed E-state index contributed by atoms with van der Waals surface area (Å²) in [6.45, 7) is 3.88. The number of thiazole rings is 1. The van der Waals surface area contributed by atoms with E-state index < -0.39 is 0 Å². The molecular formula is C11H16N2O2S. The summed E-state index contributed by atoms with van der Waals surface area (Å²) in [6.07, 6.45) is 2.63.